The summed E-state index contributed by atoms with van der Waals surface area (Å²) >= 11 is 0. The number of nitrogens with zero attached hydrogens (tertiary/aromatic N) is 1. The van der Waals surface area contributed by atoms with Crippen molar-refractivity contribution >= 4 is 0 Å². The van der Waals surface area contributed by atoms with Crippen LogP contribution in [0.25, 0.3) is 0 Å². The maximum Gasteiger partial charge on any atom is 0.0624 e. The first kappa shape index (κ1) is 7.60. The molecule has 0 aromatic rings. The monoisotopic (exact) mass is 137 g/mol. The molecule has 1 nitrogen and oxygen atoms in total. The molecule has 1 aliphatic rings. The van der Waals surface area contributed by atoms with Gasteiger partial charge < -0.3 is 0 Å². The molecule has 0 saturated heterocycles. The van der Waals surface area contributed by atoms with Crippen molar-refractivity contribution in [2.75, 3.05) is 0 Å². The van der Waals surface area contributed by atoms with Gasteiger partial charge in [-0.2, -0.15) is 5.26 Å². The Bertz CT molecular complexity index is 126. The molecule has 0 aromatic heterocycles. The van der Waals surface area contributed by atoms with Crippen LogP contribution in [-0.4, -0.2) is 0 Å². The molecule has 0 heterocycles. The van der Waals surface area contributed by atoms with Crippen molar-refractivity contribution in [3.8, 4) is 6.07 Å². The van der Waals surface area contributed by atoms with E-state index in [4.69, 9.17) is 5.26 Å². The summed E-state index contributed by atoms with van der Waals surface area (Å²) in [6.45, 7) is 2.31. The van der Waals surface area contributed by atoms with Crippen LogP contribution < -0.4 is 0 Å². The fourth-order valence-corrected chi connectivity index (χ4v) is 1.66. The average molecular weight is 137 g/mol. The number of hydrogen-bond acceptors (Lipinski definition) is 1. The Labute approximate surface area is 63.0 Å². The van der Waals surface area contributed by atoms with E-state index in [0.29, 0.717) is 0 Å². The molecular weight excluding hydrogens is 122 g/mol. The van der Waals surface area contributed by atoms with E-state index in [1.807, 2.05) is 0 Å². The van der Waals surface area contributed by atoms with Gasteiger partial charge in [0.2, 0.25) is 0 Å². The summed E-state index contributed by atoms with van der Waals surface area (Å²) in [4.78, 5) is 0. The van der Waals surface area contributed by atoms with Crippen LogP contribution in [-0.2, 0) is 0 Å². The van der Waals surface area contributed by atoms with Crippen molar-refractivity contribution in [2.24, 2.45) is 11.8 Å². The van der Waals surface area contributed by atoms with Crippen molar-refractivity contribution < 1.29 is 0 Å². The lowest BCUT2D eigenvalue weighted by Crippen LogP contribution is -2.11. The molecule has 1 saturated carbocycles. The summed E-state index contributed by atoms with van der Waals surface area (Å²) in [6.07, 6.45) is 6.04. The number of nitriles is 1. The van der Waals surface area contributed by atoms with E-state index in [2.05, 4.69) is 13.0 Å². The highest BCUT2D eigenvalue weighted by Gasteiger charge is 2.17. The van der Waals surface area contributed by atoms with Crippen LogP contribution in [0.4, 0.5) is 0 Å². The zero-order valence-electron chi connectivity index (χ0n) is 6.64. The number of hydrogen-bond donors (Lipinski definition) is 0. The van der Waals surface area contributed by atoms with Gasteiger partial charge in [0.05, 0.1) is 6.07 Å². The lowest BCUT2D eigenvalue weighted by molar-refractivity contribution is 0.294. The van der Waals surface area contributed by atoms with Crippen LogP contribution in [0.15, 0.2) is 0 Å². The topological polar surface area (TPSA) is 23.8 Å². The maximum atomic E-state index is 8.43. The first-order valence-corrected chi connectivity index (χ1v) is 4.20. The molecule has 0 atom stereocenters. The second-order valence-corrected chi connectivity index (χ2v) is 3.49. The van der Waals surface area contributed by atoms with Crippen molar-refractivity contribution in [3.05, 3.63) is 0 Å². The molecule has 56 valence electrons. The van der Waals surface area contributed by atoms with E-state index >= 15 is 0 Å². The molecule has 0 amide bonds. The van der Waals surface area contributed by atoms with Crippen molar-refractivity contribution in [3.63, 3.8) is 0 Å². The van der Waals surface area contributed by atoms with E-state index < -0.39 is 0 Å². The Morgan fingerprint density at radius 2 is 1.90 bits per heavy atom. The summed E-state index contributed by atoms with van der Waals surface area (Å²) in [5.41, 5.74) is 0. The largest absolute Gasteiger partial charge is 0.198 e. The Morgan fingerprint density at radius 3 is 2.40 bits per heavy atom. The molecule has 1 aliphatic carbocycles. The predicted octanol–water partition coefficient (Wildman–Crippen LogP) is 2.73. The number of rotatable bonds is 1. The van der Waals surface area contributed by atoms with Gasteiger partial charge in [-0.05, 0) is 24.7 Å². The van der Waals surface area contributed by atoms with E-state index in [1.165, 1.54) is 25.7 Å². The van der Waals surface area contributed by atoms with Gasteiger partial charge in [-0.3, -0.25) is 0 Å². The quantitative estimate of drug-likeness (QED) is 0.545. The van der Waals surface area contributed by atoms with Crippen molar-refractivity contribution in [1.82, 2.24) is 0 Å². The van der Waals surface area contributed by atoms with Crippen molar-refractivity contribution in [2.45, 2.75) is 39.0 Å². The van der Waals surface area contributed by atoms with Crippen LogP contribution in [0, 0.1) is 23.2 Å². The van der Waals surface area contributed by atoms with Crippen LogP contribution in [0.1, 0.15) is 39.0 Å². The lowest BCUT2D eigenvalue weighted by Gasteiger charge is -2.23. The van der Waals surface area contributed by atoms with Gasteiger partial charge in [-0.15, -0.1) is 0 Å². The zero-order valence-corrected chi connectivity index (χ0v) is 6.64. The average Bonchev–Trinajstić information content (AvgIpc) is 1.95. The predicted molar refractivity (Wildman–Crippen MR) is 41.4 cm³/mol. The first-order chi connectivity index (χ1) is 4.83. The second-order valence-electron chi connectivity index (χ2n) is 3.49. The third-order valence-corrected chi connectivity index (χ3v) is 2.52. The highest BCUT2D eigenvalue weighted by Crippen LogP contribution is 2.29. The summed E-state index contributed by atoms with van der Waals surface area (Å²) in [5, 5.41) is 8.43. The Hall–Kier alpha value is -0.510. The first-order valence-electron chi connectivity index (χ1n) is 4.20. The highest BCUT2D eigenvalue weighted by atomic mass is 14.3. The van der Waals surface area contributed by atoms with Gasteiger partial charge in [0.25, 0.3) is 0 Å². The Morgan fingerprint density at radius 1 is 1.30 bits per heavy atom. The van der Waals surface area contributed by atoms with E-state index in [9.17, 15) is 0 Å². The Balaban J connectivity index is 2.21. The van der Waals surface area contributed by atoms with Gasteiger partial charge in [0.15, 0.2) is 0 Å². The fraction of sp³-hybridized carbons (Fsp3) is 0.889. The second kappa shape index (κ2) is 3.61. The van der Waals surface area contributed by atoms with Gasteiger partial charge in [-0.1, -0.05) is 19.8 Å². The standard InChI is InChI=1S/C9H15N/c1-8-2-4-9(5-3-8)6-7-10/h8-9H,2-6H2,1H3/t8-,9+. The molecule has 0 radical (unpaired) electrons. The minimum atomic E-state index is 0.723. The maximum absolute atomic E-state index is 8.43. The van der Waals surface area contributed by atoms with E-state index in [0.717, 1.165) is 18.3 Å². The van der Waals surface area contributed by atoms with Crippen molar-refractivity contribution in [1.29, 1.82) is 5.26 Å². The molecule has 0 unspecified atom stereocenters. The van der Waals surface area contributed by atoms with Crippen LogP contribution in [0.3, 0.4) is 0 Å². The summed E-state index contributed by atoms with van der Waals surface area (Å²) < 4.78 is 0. The van der Waals surface area contributed by atoms with Gasteiger partial charge in [-0.25, -0.2) is 0 Å². The normalized spacial score (nSPS) is 33.2. The van der Waals surface area contributed by atoms with Gasteiger partial charge in [0.1, 0.15) is 0 Å². The van der Waals surface area contributed by atoms with E-state index in [1.54, 1.807) is 0 Å². The van der Waals surface area contributed by atoms with Crippen LogP contribution >= 0.6 is 0 Å². The summed E-state index contributed by atoms with van der Waals surface area (Å²) in [6, 6.07) is 2.25. The molecule has 1 heteroatoms. The van der Waals surface area contributed by atoms with Crippen LogP contribution in [0.2, 0.25) is 0 Å². The smallest absolute Gasteiger partial charge is 0.0624 e. The molecular formula is C9H15N. The molecule has 10 heavy (non-hydrogen) atoms. The third-order valence-electron chi connectivity index (χ3n) is 2.52. The molecule has 0 aromatic carbocycles. The molecule has 0 aliphatic heterocycles. The molecule has 0 bridgehead atoms. The molecule has 1 fully saturated rings. The van der Waals surface area contributed by atoms with Gasteiger partial charge in [0, 0.05) is 6.42 Å². The fourth-order valence-electron chi connectivity index (χ4n) is 1.66. The SMILES string of the molecule is C[C@H]1CC[C@@H](CC#N)CC1. The molecule has 1 rings (SSSR count). The molecule has 0 N–H and O–H groups in total. The third kappa shape index (κ3) is 2.02. The molecule has 0 spiro atoms. The van der Waals surface area contributed by atoms with Crippen LogP contribution in [0.5, 0.6) is 0 Å². The minimum Gasteiger partial charge on any atom is -0.198 e. The summed E-state index contributed by atoms with van der Waals surface area (Å²) in [5.74, 6) is 1.64. The zero-order chi connectivity index (χ0) is 7.40. The van der Waals surface area contributed by atoms with Gasteiger partial charge >= 0.3 is 0 Å². The summed E-state index contributed by atoms with van der Waals surface area (Å²) in [7, 11) is 0. The van der Waals surface area contributed by atoms with E-state index in [-0.39, 0.29) is 0 Å². The lowest BCUT2D eigenvalue weighted by atomic mass is 9.82. The minimum absolute atomic E-state index is 0.723. The highest BCUT2D eigenvalue weighted by molar-refractivity contribution is 4.79. The Kier molecular flexibility index (Phi) is 2.74.